The van der Waals surface area contributed by atoms with Crippen molar-refractivity contribution in [3.05, 3.63) is 0 Å². The first kappa shape index (κ1) is 9.48. The fraction of sp³-hybridized carbons (Fsp3) is 0.875. The van der Waals surface area contributed by atoms with Crippen LogP contribution in [0.5, 0.6) is 0 Å². The van der Waals surface area contributed by atoms with Crippen LogP contribution >= 0.6 is 0 Å². The van der Waals surface area contributed by atoms with Gasteiger partial charge in [-0.05, 0) is 19.4 Å². The molecule has 0 spiro atoms. The van der Waals surface area contributed by atoms with E-state index in [2.05, 4.69) is 10.2 Å². The summed E-state index contributed by atoms with van der Waals surface area (Å²) in [6, 6.07) is 0.419. The predicted octanol–water partition coefficient (Wildman–Crippen LogP) is -0.844. The van der Waals surface area contributed by atoms with E-state index in [1.54, 1.807) is 7.05 Å². The Balaban J connectivity index is 2.35. The molecule has 1 aliphatic rings. The molecule has 1 rings (SSSR count). The molecule has 0 saturated carbocycles. The van der Waals surface area contributed by atoms with E-state index in [0.717, 1.165) is 13.0 Å². The van der Waals surface area contributed by atoms with Crippen LogP contribution in [0.15, 0.2) is 0 Å². The molecule has 0 unspecified atom stereocenters. The summed E-state index contributed by atoms with van der Waals surface area (Å²) >= 11 is 0. The van der Waals surface area contributed by atoms with Crippen molar-refractivity contribution in [1.82, 2.24) is 10.2 Å². The monoisotopic (exact) mass is 171 g/mol. The van der Waals surface area contributed by atoms with Crippen LogP contribution in [0.1, 0.15) is 12.8 Å². The number of hydrogen-bond acceptors (Lipinski definition) is 3. The van der Waals surface area contributed by atoms with E-state index in [0.29, 0.717) is 19.1 Å². The number of nitrogens with zero attached hydrogens (tertiary/aromatic N) is 1. The van der Waals surface area contributed by atoms with E-state index in [1.165, 1.54) is 6.42 Å². The van der Waals surface area contributed by atoms with Crippen molar-refractivity contribution in [2.45, 2.75) is 18.9 Å². The highest BCUT2D eigenvalue weighted by molar-refractivity contribution is 5.77. The van der Waals surface area contributed by atoms with Gasteiger partial charge in [-0.25, -0.2) is 0 Å². The predicted molar refractivity (Wildman–Crippen MR) is 47.7 cm³/mol. The summed E-state index contributed by atoms with van der Waals surface area (Å²) in [6.45, 7) is 2.17. The van der Waals surface area contributed by atoms with Gasteiger partial charge in [0.25, 0.3) is 0 Å². The third-order valence-corrected chi connectivity index (χ3v) is 2.40. The number of nitrogens with two attached hydrogens (primary N) is 1. The van der Waals surface area contributed by atoms with E-state index < -0.39 is 0 Å². The first-order valence-corrected chi connectivity index (χ1v) is 4.42. The molecule has 1 amide bonds. The van der Waals surface area contributed by atoms with E-state index in [4.69, 9.17) is 5.73 Å². The van der Waals surface area contributed by atoms with Gasteiger partial charge in [-0.3, -0.25) is 9.69 Å². The number of hydrogen-bond donors (Lipinski definition) is 2. The molecular weight excluding hydrogens is 154 g/mol. The van der Waals surface area contributed by atoms with Crippen LogP contribution < -0.4 is 11.1 Å². The molecule has 4 nitrogen and oxygen atoms in total. The van der Waals surface area contributed by atoms with Gasteiger partial charge < -0.3 is 11.1 Å². The molecule has 3 N–H and O–H groups in total. The van der Waals surface area contributed by atoms with Gasteiger partial charge in [0.15, 0.2) is 0 Å². The number of carbonyl (C=O) groups is 1. The molecule has 4 heteroatoms. The summed E-state index contributed by atoms with van der Waals surface area (Å²) in [5.74, 6) is 0.0790. The zero-order valence-electron chi connectivity index (χ0n) is 7.55. The summed E-state index contributed by atoms with van der Waals surface area (Å²) in [6.07, 6.45) is 2.30. The largest absolute Gasteiger partial charge is 0.358 e. The second-order valence-electron chi connectivity index (χ2n) is 3.18. The molecule has 1 fully saturated rings. The first-order chi connectivity index (χ1) is 5.77. The van der Waals surface area contributed by atoms with Crippen molar-refractivity contribution in [1.29, 1.82) is 0 Å². The van der Waals surface area contributed by atoms with Crippen molar-refractivity contribution < 1.29 is 4.79 Å². The Morgan fingerprint density at radius 2 is 2.50 bits per heavy atom. The van der Waals surface area contributed by atoms with Crippen molar-refractivity contribution >= 4 is 5.91 Å². The molecule has 0 aromatic carbocycles. The number of amides is 1. The number of likely N-dealkylation sites (tertiary alicyclic amines) is 1. The second-order valence-corrected chi connectivity index (χ2v) is 3.18. The zero-order valence-corrected chi connectivity index (χ0v) is 7.55. The van der Waals surface area contributed by atoms with Crippen LogP contribution in [0.25, 0.3) is 0 Å². The molecule has 70 valence electrons. The minimum atomic E-state index is 0.0790. The molecule has 1 atom stereocenters. The Morgan fingerprint density at radius 1 is 1.75 bits per heavy atom. The van der Waals surface area contributed by atoms with Gasteiger partial charge in [-0.2, -0.15) is 0 Å². The van der Waals surface area contributed by atoms with Gasteiger partial charge in [-0.15, -0.1) is 0 Å². The van der Waals surface area contributed by atoms with Gasteiger partial charge in [0, 0.05) is 19.6 Å². The molecule has 1 aliphatic heterocycles. The Morgan fingerprint density at radius 3 is 3.08 bits per heavy atom. The lowest BCUT2D eigenvalue weighted by Gasteiger charge is -2.21. The van der Waals surface area contributed by atoms with Gasteiger partial charge in [0.2, 0.25) is 5.91 Å². The third kappa shape index (κ3) is 2.19. The molecule has 12 heavy (non-hydrogen) atoms. The quantitative estimate of drug-likeness (QED) is 0.582. The van der Waals surface area contributed by atoms with Gasteiger partial charge >= 0.3 is 0 Å². The highest BCUT2D eigenvalue weighted by Crippen LogP contribution is 2.14. The van der Waals surface area contributed by atoms with Gasteiger partial charge in [-0.1, -0.05) is 0 Å². The Bertz CT molecular complexity index is 160. The Hall–Kier alpha value is -0.610. The van der Waals surface area contributed by atoms with Gasteiger partial charge in [0.05, 0.1) is 6.54 Å². The normalized spacial score (nSPS) is 24.3. The maximum absolute atomic E-state index is 11.0. The summed E-state index contributed by atoms with van der Waals surface area (Å²) < 4.78 is 0. The number of carbonyl (C=O) groups excluding carboxylic acids is 1. The molecule has 0 radical (unpaired) electrons. The fourth-order valence-corrected chi connectivity index (χ4v) is 1.63. The third-order valence-electron chi connectivity index (χ3n) is 2.40. The maximum Gasteiger partial charge on any atom is 0.233 e. The summed E-state index contributed by atoms with van der Waals surface area (Å²) in [5, 5.41) is 2.62. The lowest BCUT2D eigenvalue weighted by molar-refractivity contribution is -0.121. The summed E-state index contributed by atoms with van der Waals surface area (Å²) in [5.41, 5.74) is 5.57. The SMILES string of the molecule is CNC(=O)CN1CCC[C@@H]1CN. The van der Waals surface area contributed by atoms with Crippen molar-refractivity contribution in [3.8, 4) is 0 Å². The molecule has 1 saturated heterocycles. The first-order valence-electron chi connectivity index (χ1n) is 4.42. The van der Waals surface area contributed by atoms with Crippen LogP contribution in [0.3, 0.4) is 0 Å². The zero-order chi connectivity index (χ0) is 8.97. The van der Waals surface area contributed by atoms with E-state index in [1.807, 2.05) is 0 Å². The van der Waals surface area contributed by atoms with Crippen molar-refractivity contribution in [3.63, 3.8) is 0 Å². The summed E-state index contributed by atoms with van der Waals surface area (Å²) in [7, 11) is 1.66. The van der Waals surface area contributed by atoms with E-state index in [9.17, 15) is 4.79 Å². The average molecular weight is 171 g/mol. The van der Waals surface area contributed by atoms with Crippen LogP contribution in [-0.2, 0) is 4.79 Å². The minimum Gasteiger partial charge on any atom is -0.358 e. The molecule has 0 aromatic heterocycles. The van der Waals surface area contributed by atoms with Gasteiger partial charge in [0.1, 0.15) is 0 Å². The Kier molecular flexibility index (Phi) is 3.49. The standard InChI is InChI=1S/C8H17N3O/c1-10-8(12)6-11-4-2-3-7(11)5-9/h7H,2-6,9H2,1H3,(H,10,12)/t7-/m1/s1. The van der Waals surface area contributed by atoms with Crippen molar-refractivity contribution in [2.24, 2.45) is 5.73 Å². The topological polar surface area (TPSA) is 58.4 Å². The molecule has 0 aliphatic carbocycles. The molecule has 1 heterocycles. The fourth-order valence-electron chi connectivity index (χ4n) is 1.63. The smallest absolute Gasteiger partial charge is 0.233 e. The van der Waals surface area contributed by atoms with Crippen LogP contribution in [0.4, 0.5) is 0 Å². The van der Waals surface area contributed by atoms with E-state index in [-0.39, 0.29) is 5.91 Å². The summed E-state index contributed by atoms with van der Waals surface area (Å²) in [4.78, 5) is 13.2. The minimum absolute atomic E-state index is 0.0790. The Labute approximate surface area is 73.1 Å². The number of nitrogens with one attached hydrogen (secondary N) is 1. The number of rotatable bonds is 3. The van der Waals surface area contributed by atoms with Crippen molar-refractivity contribution in [2.75, 3.05) is 26.7 Å². The molecule has 0 aromatic rings. The lowest BCUT2D eigenvalue weighted by atomic mass is 10.2. The molecular formula is C8H17N3O. The highest BCUT2D eigenvalue weighted by Gasteiger charge is 2.24. The second kappa shape index (κ2) is 4.42. The van der Waals surface area contributed by atoms with Crippen LogP contribution in [0, 0.1) is 0 Å². The van der Waals surface area contributed by atoms with Crippen LogP contribution in [0.2, 0.25) is 0 Å². The average Bonchev–Trinajstić information content (AvgIpc) is 2.51. The number of likely N-dealkylation sites (N-methyl/N-ethyl adjacent to an activating group) is 1. The molecule has 0 bridgehead atoms. The van der Waals surface area contributed by atoms with Crippen LogP contribution in [-0.4, -0.2) is 43.5 Å². The van der Waals surface area contributed by atoms with E-state index >= 15 is 0 Å². The maximum atomic E-state index is 11.0. The highest BCUT2D eigenvalue weighted by atomic mass is 16.1. The lowest BCUT2D eigenvalue weighted by Crippen LogP contribution is -2.41.